The molecule has 1 aromatic rings. The van der Waals surface area contributed by atoms with Gasteiger partial charge in [0, 0.05) is 24.7 Å². The molecule has 1 atom stereocenters. The summed E-state index contributed by atoms with van der Waals surface area (Å²) >= 11 is 0. The van der Waals surface area contributed by atoms with Crippen molar-refractivity contribution < 1.29 is 4.79 Å². The maximum atomic E-state index is 11.7. The van der Waals surface area contributed by atoms with Gasteiger partial charge in [-0.05, 0) is 23.6 Å². The lowest BCUT2D eigenvalue weighted by molar-refractivity contribution is -0.121. The minimum Gasteiger partial charge on any atom is -0.299 e. The van der Waals surface area contributed by atoms with Gasteiger partial charge in [0.05, 0.1) is 0 Å². The van der Waals surface area contributed by atoms with Crippen LogP contribution in [0.25, 0.3) is 0 Å². The van der Waals surface area contributed by atoms with Crippen LogP contribution in [0.3, 0.4) is 0 Å². The van der Waals surface area contributed by atoms with Gasteiger partial charge in [0.1, 0.15) is 5.78 Å². The van der Waals surface area contributed by atoms with Crippen LogP contribution < -0.4 is 0 Å². The number of carbonyl (C=O) groups excluding carboxylic acids is 1. The number of Topliss-reactive ketones (excluding diaryl/α,β-unsaturated/α-hetero) is 1. The van der Waals surface area contributed by atoms with Gasteiger partial charge in [-0.25, -0.2) is 0 Å². The van der Waals surface area contributed by atoms with Gasteiger partial charge >= 0.3 is 0 Å². The van der Waals surface area contributed by atoms with Crippen molar-refractivity contribution in [3.8, 4) is 0 Å². The smallest absolute Gasteiger partial charge is 0.140 e. The molecule has 2 heteroatoms. The van der Waals surface area contributed by atoms with Crippen LogP contribution in [0.4, 0.5) is 0 Å². The van der Waals surface area contributed by atoms with E-state index in [4.69, 9.17) is 0 Å². The van der Waals surface area contributed by atoms with Crippen molar-refractivity contribution in [2.45, 2.75) is 33.1 Å². The van der Waals surface area contributed by atoms with Gasteiger partial charge in [-0.2, -0.15) is 0 Å². The first-order valence-electron chi connectivity index (χ1n) is 5.09. The Labute approximate surface area is 85.4 Å². The third-order valence-electron chi connectivity index (χ3n) is 2.43. The molecule has 76 valence electrons. The average molecular weight is 191 g/mol. The van der Waals surface area contributed by atoms with Crippen molar-refractivity contribution in [1.82, 2.24) is 4.98 Å². The Bertz CT molecular complexity index is 292. The van der Waals surface area contributed by atoms with Crippen LogP contribution in [0.2, 0.25) is 0 Å². The van der Waals surface area contributed by atoms with Crippen LogP contribution >= 0.6 is 0 Å². The molecule has 1 heterocycles. The molecular formula is C12H17NO. The number of hydrogen-bond acceptors (Lipinski definition) is 2. The number of ketones is 1. The first kappa shape index (κ1) is 10.9. The molecule has 1 aromatic heterocycles. The van der Waals surface area contributed by atoms with Crippen LogP contribution in [0.1, 0.15) is 38.7 Å². The topological polar surface area (TPSA) is 30.0 Å². The molecule has 1 rings (SSSR count). The van der Waals surface area contributed by atoms with E-state index in [1.807, 2.05) is 19.1 Å². The molecule has 0 aromatic carbocycles. The Kier molecular flexibility index (Phi) is 3.81. The summed E-state index contributed by atoms with van der Waals surface area (Å²) in [4.78, 5) is 15.7. The van der Waals surface area contributed by atoms with E-state index in [0.29, 0.717) is 18.1 Å². The Hall–Kier alpha value is -1.18. The summed E-state index contributed by atoms with van der Waals surface area (Å²) < 4.78 is 0. The molecular weight excluding hydrogens is 174 g/mol. The van der Waals surface area contributed by atoms with Gasteiger partial charge in [-0.3, -0.25) is 9.78 Å². The standard InChI is InChI=1S/C12H17NO/c1-4-11(14)12(9(2)3)10-5-7-13-8-6-10/h5-9,12H,4H2,1-3H3. The highest BCUT2D eigenvalue weighted by molar-refractivity contribution is 5.85. The predicted molar refractivity (Wildman–Crippen MR) is 57.1 cm³/mol. The zero-order chi connectivity index (χ0) is 10.6. The number of hydrogen-bond donors (Lipinski definition) is 0. The van der Waals surface area contributed by atoms with E-state index in [9.17, 15) is 4.79 Å². The van der Waals surface area contributed by atoms with Crippen LogP contribution in [-0.4, -0.2) is 10.8 Å². The maximum absolute atomic E-state index is 11.7. The minimum absolute atomic E-state index is 0.0306. The number of aromatic nitrogens is 1. The molecule has 0 N–H and O–H groups in total. The quantitative estimate of drug-likeness (QED) is 0.732. The molecule has 0 bridgehead atoms. The largest absolute Gasteiger partial charge is 0.299 e. The molecule has 0 aliphatic heterocycles. The maximum Gasteiger partial charge on any atom is 0.140 e. The van der Waals surface area contributed by atoms with Gasteiger partial charge in [-0.1, -0.05) is 20.8 Å². The summed E-state index contributed by atoms with van der Waals surface area (Å²) in [5.74, 6) is 0.694. The highest BCUT2D eigenvalue weighted by Gasteiger charge is 2.21. The number of rotatable bonds is 4. The Balaban J connectivity index is 2.95. The van der Waals surface area contributed by atoms with E-state index in [2.05, 4.69) is 18.8 Å². The van der Waals surface area contributed by atoms with Crippen molar-refractivity contribution in [2.24, 2.45) is 5.92 Å². The fourth-order valence-electron chi connectivity index (χ4n) is 1.73. The van der Waals surface area contributed by atoms with Gasteiger partial charge in [0.25, 0.3) is 0 Å². The third-order valence-corrected chi connectivity index (χ3v) is 2.43. The summed E-state index contributed by atoms with van der Waals surface area (Å²) in [5, 5.41) is 0. The molecule has 0 aliphatic carbocycles. The zero-order valence-electron chi connectivity index (χ0n) is 9.03. The van der Waals surface area contributed by atoms with E-state index >= 15 is 0 Å². The lowest BCUT2D eigenvalue weighted by Gasteiger charge is -2.18. The van der Waals surface area contributed by atoms with Gasteiger partial charge < -0.3 is 0 Å². The molecule has 2 nitrogen and oxygen atoms in total. The van der Waals surface area contributed by atoms with Crippen molar-refractivity contribution in [1.29, 1.82) is 0 Å². The summed E-state index contributed by atoms with van der Waals surface area (Å²) in [7, 11) is 0. The van der Waals surface area contributed by atoms with Crippen molar-refractivity contribution in [3.05, 3.63) is 30.1 Å². The van der Waals surface area contributed by atoms with E-state index in [1.54, 1.807) is 12.4 Å². The molecule has 0 radical (unpaired) electrons. The zero-order valence-corrected chi connectivity index (χ0v) is 9.03. The molecule has 0 aliphatic rings. The van der Waals surface area contributed by atoms with Gasteiger partial charge in [-0.15, -0.1) is 0 Å². The fraction of sp³-hybridized carbons (Fsp3) is 0.500. The second-order valence-electron chi connectivity index (χ2n) is 3.82. The van der Waals surface area contributed by atoms with E-state index in [-0.39, 0.29) is 5.92 Å². The first-order valence-corrected chi connectivity index (χ1v) is 5.09. The summed E-state index contributed by atoms with van der Waals surface area (Å²) in [6.45, 7) is 6.08. The highest BCUT2D eigenvalue weighted by Crippen LogP contribution is 2.25. The van der Waals surface area contributed by atoms with Crippen LogP contribution in [0, 0.1) is 5.92 Å². The molecule has 0 amide bonds. The second-order valence-corrected chi connectivity index (χ2v) is 3.82. The summed E-state index contributed by atoms with van der Waals surface area (Å²) in [6.07, 6.45) is 4.09. The average Bonchev–Trinajstić information content (AvgIpc) is 2.19. The molecule has 0 saturated heterocycles. The van der Waals surface area contributed by atoms with Crippen LogP contribution in [0.15, 0.2) is 24.5 Å². The number of carbonyl (C=O) groups is 1. The van der Waals surface area contributed by atoms with Gasteiger partial charge in [0.15, 0.2) is 0 Å². The van der Waals surface area contributed by atoms with Crippen LogP contribution in [0.5, 0.6) is 0 Å². The molecule has 14 heavy (non-hydrogen) atoms. The number of nitrogens with zero attached hydrogens (tertiary/aromatic N) is 1. The molecule has 0 spiro atoms. The molecule has 0 saturated carbocycles. The summed E-state index contributed by atoms with van der Waals surface area (Å²) in [6, 6.07) is 3.86. The third kappa shape index (κ3) is 2.41. The minimum atomic E-state index is 0.0306. The van der Waals surface area contributed by atoms with E-state index < -0.39 is 0 Å². The molecule has 1 unspecified atom stereocenters. The van der Waals surface area contributed by atoms with Crippen molar-refractivity contribution in [3.63, 3.8) is 0 Å². The van der Waals surface area contributed by atoms with Crippen molar-refractivity contribution >= 4 is 5.78 Å². The SMILES string of the molecule is CCC(=O)C(c1ccncc1)C(C)C. The lowest BCUT2D eigenvalue weighted by atomic mass is 9.84. The number of pyridine rings is 1. The van der Waals surface area contributed by atoms with Gasteiger partial charge in [0.2, 0.25) is 0 Å². The predicted octanol–water partition coefficient (Wildman–Crippen LogP) is 2.80. The highest BCUT2D eigenvalue weighted by atomic mass is 16.1. The Morgan fingerprint density at radius 2 is 1.93 bits per heavy atom. The fourth-order valence-corrected chi connectivity index (χ4v) is 1.73. The Morgan fingerprint density at radius 1 is 1.36 bits per heavy atom. The normalized spacial score (nSPS) is 12.9. The molecule has 0 fully saturated rings. The second kappa shape index (κ2) is 4.89. The van der Waals surface area contributed by atoms with Crippen LogP contribution in [-0.2, 0) is 4.79 Å². The first-order chi connectivity index (χ1) is 6.66. The lowest BCUT2D eigenvalue weighted by Crippen LogP contribution is -2.17. The monoisotopic (exact) mass is 191 g/mol. The summed E-state index contributed by atoms with van der Waals surface area (Å²) in [5.41, 5.74) is 1.09. The van der Waals surface area contributed by atoms with Crippen molar-refractivity contribution in [2.75, 3.05) is 0 Å². The van der Waals surface area contributed by atoms with E-state index in [1.165, 1.54) is 0 Å². The Morgan fingerprint density at radius 3 is 2.36 bits per heavy atom. The van der Waals surface area contributed by atoms with E-state index in [0.717, 1.165) is 5.56 Å².